The quantitative estimate of drug-likeness (QED) is 0.680. The number of ether oxygens (including phenoxy) is 1. The van der Waals surface area contributed by atoms with Crippen molar-refractivity contribution in [3.8, 4) is 0 Å². The lowest BCUT2D eigenvalue weighted by Crippen LogP contribution is -2.49. The van der Waals surface area contributed by atoms with Crippen LogP contribution in [0.4, 0.5) is 5.69 Å². The summed E-state index contributed by atoms with van der Waals surface area (Å²) in [4.78, 5) is 32.8. The lowest BCUT2D eigenvalue weighted by molar-refractivity contribution is -0.117. The van der Waals surface area contributed by atoms with E-state index in [1.54, 1.807) is 31.2 Å². The Bertz CT molecular complexity index is 810. The first-order chi connectivity index (χ1) is 14.0. The largest absolute Gasteiger partial charge is 0.462 e. The molecule has 0 aliphatic carbocycles. The molecule has 8 nitrogen and oxygen atoms in total. The number of rotatable bonds is 8. The van der Waals surface area contributed by atoms with Gasteiger partial charge in [-0.2, -0.15) is 0 Å². The van der Waals surface area contributed by atoms with Gasteiger partial charge in [-0.15, -0.1) is 0 Å². The maximum atomic E-state index is 12.3. The molecule has 0 bridgehead atoms. The van der Waals surface area contributed by atoms with Crippen LogP contribution in [0.5, 0.6) is 0 Å². The predicted molar refractivity (Wildman–Crippen MR) is 111 cm³/mol. The Morgan fingerprint density at radius 2 is 1.76 bits per heavy atom. The van der Waals surface area contributed by atoms with Crippen LogP contribution in [0.2, 0.25) is 0 Å². The van der Waals surface area contributed by atoms with Crippen LogP contribution in [0.25, 0.3) is 0 Å². The van der Waals surface area contributed by atoms with Crippen molar-refractivity contribution in [1.29, 1.82) is 0 Å². The number of nitrogens with zero attached hydrogens (tertiary/aromatic N) is 4. The first kappa shape index (κ1) is 21.0. The second-order valence-corrected chi connectivity index (χ2v) is 7.13. The van der Waals surface area contributed by atoms with E-state index in [4.69, 9.17) is 4.74 Å². The summed E-state index contributed by atoms with van der Waals surface area (Å²) in [6.45, 7) is 10.1. The first-order valence-electron chi connectivity index (χ1n) is 10.0. The zero-order chi connectivity index (χ0) is 20.6. The standard InChI is InChI=1S/C21H29N5O3/c1-3-29-21(28)18-4-6-19(7-5-18)23-20(27)16-25-12-10-24(11-13-25)14-15-26-9-8-22-17(26)2/h4-9H,3,10-16H2,1-2H3,(H,23,27). The van der Waals surface area contributed by atoms with Crippen molar-refractivity contribution in [1.82, 2.24) is 19.4 Å². The molecule has 2 aromatic rings. The molecule has 8 heteroatoms. The number of hydrogen-bond acceptors (Lipinski definition) is 6. The zero-order valence-corrected chi connectivity index (χ0v) is 17.1. The molecule has 156 valence electrons. The van der Waals surface area contributed by atoms with E-state index in [9.17, 15) is 9.59 Å². The van der Waals surface area contributed by atoms with Crippen molar-refractivity contribution in [2.24, 2.45) is 0 Å². The summed E-state index contributed by atoms with van der Waals surface area (Å²) in [6.07, 6.45) is 3.84. The van der Waals surface area contributed by atoms with Crippen LogP contribution in [0, 0.1) is 6.92 Å². The van der Waals surface area contributed by atoms with E-state index in [-0.39, 0.29) is 11.9 Å². The highest BCUT2D eigenvalue weighted by Crippen LogP contribution is 2.11. The number of benzene rings is 1. The Kier molecular flexibility index (Phi) is 7.37. The molecule has 1 fully saturated rings. The summed E-state index contributed by atoms with van der Waals surface area (Å²) in [5.41, 5.74) is 1.16. The summed E-state index contributed by atoms with van der Waals surface area (Å²) in [7, 11) is 0. The van der Waals surface area contributed by atoms with Gasteiger partial charge in [0.05, 0.1) is 18.7 Å². The van der Waals surface area contributed by atoms with Crippen molar-refractivity contribution in [3.63, 3.8) is 0 Å². The molecule has 0 atom stereocenters. The molecule has 2 heterocycles. The van der Waals surface area contributed by atoms with Crippen LogP contribution in [0.1, 0.15) is 23.1 Å². The molecule has 0 radical (unpaired) electrons. The third-order valence-electron chi connectivity index (χ3n) is 5.09. The van der Waals surface area contributed by atoms with E-state index in [1.165, 1.54) is 0 Å². The average Bonchev–Trinajstić information content (AvgIpc) is 3.13. The van der Waals surface area contributed by atoms with E-state index in [2.05, 4.69) is 24.7 Å². The maximum Gasteiger partial charge on any atom is 0.338 e. The monoisotopic (exact) mass is 399 g/mol. The van der Waals surface area contributed by atoms with Crippen LogP contribution in [0.3, 0.4) is 0 Å². The number of amides is 1. The number of anilines is 1. The molecule has 0 saturated carbocycles. The molecule has 1 amide bonds. The van der Waals surface area contributed by atoms with Crippen molar-refractivity contribution >= 4 is 17.6 Å². The first-order valence-corrected chi connectivity index (χ1v) is 10.0. The number of carbonyl (C=O) groups is 2. The molecule has 1 aliphatic heterocycles. The Morgan fingerprint density at radius 3 is 2.38 bits per heavy atom. The SMILES string of the molecule is CCOC(=O)c1ccc(NC(=O)CN2CCN(CCn3ccnc3C)CC2)cc1. The van der Waals surface area contributed by atoms with Crippen LogP contribution >= 0.6 is 0 Å². The third kappa shape index (κ3) is 6.13. The molecule has 1 aromatic carbocycles. The fraction of sp³-hybridized carbons (Fsp3) is 0.476. The highest BCUT2D eigenvalue weighted by atomic mass is 16.5. The van der Waals surface area contributed by atoms with Gasteiger partial charge < -0.3 is 14.6 Å². The fourth-order valence-electron chi connectivity index (χ4n) is 3.37. The third-order valence-corrected chi connectivity index (χ3v) is 5.09. The van der Waals surface area contributed by atoms with E-state index >= 15 is 0 Å². The van der Waals surface area contributed by atoms with Gasteiger partial charge in [-0.1, -0.05) is 0 Å². The maximum absolute atomic E-state index is 12.3. The van der Waals surface area contributed by atoms with Gasteiger partial charge in [0.1, 0.15) is 5.82 Å². The van der Waals surface area contributed by atoms with Gasteiger partial charge >= 0.3 is 5.97 Å². The zero-order valence-electron chi connectivity index (χ0n) is 17.1. The lowest BCUT2D eigenvalue weighted by Gasteiger charge is -2.34. The molecule has 1 aromatic heterocycles. The summed E-state index contributed by atoms with van der Waals surface area (Å²) >= 11 is 0. The molecule has 0 unspecified atom stereocenters. The van der Waals surface area contributed by atoms with E-state index in [1.807, 2.05) is 19.3 Å². The van der Waals surface area contributed by atoms with Crippen LogP contribution < -0.4 is 5.32 Å². The second-order valence-electron chi connectivity index (χ2n) is 7.13. The van der Waals surface area contributed by atoms with Crippen molar-refractivity contribution in [3.05, 3.63) is 48.0 Å². The fourth-order valence-corrected chi connectivity index (χ4v) is 3.37. The molecule has 3 rings (SSSR count). The lowest BCUT2D eigenvalue weighted by atomic mass is 10.2. The smallest absolute Gasteiger partial charge is 0.338 e. The van der Waals surface area contributed by atoms with Gasteiger partial charge in [0.2, 0.25) is 5.91 Å². The minimum absolute atomic E-state index is 0.0450. The molecule has 1 saturated heterocycles. The Hall–Kier alpha value is -2.71. The Labute approximate surface area is 171 Å². The summed E-state index contributed by atoms with van der Waals surface area (Å²) in [6, 6.07) is 6.77. The number of nitrogens with one attached hydrogen (secondary N) is 1. The molecule has 1 aliphatic rings. The van der Waals surface area contributed by atoms with Crippen molar-refractivity contribution < 1.29 is 14.3 Å². The minimum atomic E-state index is -0.355. The van der Waals surface area contributed by atoms with Gasteiger partial charge in [-0.25, -0.2) is 9.78 Å². The number of aromatic nitrogens is 2. The van der Waals surface area contributed by atoms with Gasteiger partial charge in [0, 0.05) is 57.3 Å². The van der Waals surface area contributed by atoms with Crippen molar-refractivity contribution in [2.45, 2.75) is 20.4 Å². The number of piperazine rings is 1. The highest BCUT2D eigenvalue weighted by Gasteiger charge is 2.19. The summed E-state index contributed by atoms with van der Waals surface area (Å²) in [5.74, 6) is 0.637. The number of esters is 1. The molecule has 0 spiro atoms. The second kappa shape index (κ2) is 10.2. The Balaban J connectivity index is 1.38. The van der Waals surface area contributed by atoms with Crippen LogP contribution in [0.15, 0.2) is 36.7 Å². The van der Waals surface area contributed by atoms with Crippen LogP contribution in [-0.2, 0) is 16.1 Å². The van der Waals surface area contributed by atoms with Crippen LogP contribution in [-0.4, -0.2) is 77.1 Å². The predicted octanol–water partition coefficient (Wildman–Crippen LogP) is 1.62. The normalized spacial score (nSPS) is 15.2. The van der Waals surface area contributed by atoms with Gasteiger partial charge in [0.15, 0.2) is 0 Å². The van der Waals surface area contributed by atoms with Crippen molar-refractivity contribution in [2.75, 3.05) is 51.2 Å². The average molecular weight is 399 g/mol. The van der Waals surface area contributed by atoms with Gasteiger partial charge in [-0.05, 0) is 38.1 Å². The summed E-state index contributed by atoms with van der Waals surface area (Å²) < 4.78 is 7.12. The Morgan fingerprint density at radius 1 is 1.07 bits per heavy atom. The summed E-state index contributed by atoms with van der Waals surface area (Å²) in [5, 5.41) is 2.89. The molecule has 1 N–H and O–H groups in total. The molecular weight excluding hydrogens is 370 g/mol. The van der Waals surface area contributed by atoms with Gasteiger partial charge in [0.25, 0.3) is 0 Å². The van der Waals surface area contributed by atoms with Gasteiger partial charge in [-0.3, -0.25) is 14.6 Å². The topological polar surface area (TPSA) is 79.7 Å². The van der Waals surface area contributed by atoms with E-state index in [0.717, 1.165) is 45.1 Å². The number of aryl methyl sites for hydroxylation is 1. The van der Waals surface area contributed by atoms with E-state index in [0.29, 0.717) is 24.4 Å². The number of imidazole rings is 1. The molecule has 29 heavy (non-hydrogen) atoms. The number of hydrogen-bond donors (Lipinski definition) is 1. The number of carbonyl (C=O) groups excluding carboxylic acids is 2. The van der Waals surface area contributed by atoms with E-state index < -0.39 is 0 Å². The minimum Gasteiger partial charge on any atom is -0.462 e. The molecular formula is C21H29N5O3. The highest BCUT2D eigenvalue weighted by molar-refractivity contribution is 5.94.